The Labute approximate surface area is 144 Å². The number of hydrogen-bond donors (Lipinski definition) is 2. The number of aryl methyl sites for hydroxylation is 1. The van der Waals surface area contributed by atoms with Crippen LogP contribution in [0.15, 0.2) is 24.3 Å². The van der Waals surface area contributed by atoms with Crippen LogP contribution in [0.25, 0.3) is 0 Å². The third-order valence-electron chi connectivity index (χ3n) is 5.77. The molecule has 5 heteroatoms. The number of hydrogen-bond acceptors (Lipinski definition) is 4. The molecule has 1 unspecified atom stereocenters. The van der Waals surface area contributed by atoms with Crippen molar-refractivity contribution < 1.29 is 14.6 Å². The van der Waals surface area contributed by atoms with Gasteiger partial charge >= 0.3 is 0 Å². The molecule has 2 aliphatic rings. The van der Waals surface area contributed by atoms with Crippen molar-refractivity contribution in [2.24, 2.45) is 11.3 Å². The number of rotatable bonds is 5. The Balaban J connectivity index is 1.56. The zero-order valence-corrected chi connectivity index (χ0v) is 14.5. The van der Waals surface area contributed by atoms with Crippen LogP contribution in [-0.4, -0.2) is 55.8 Å². The monoisotopic (exact) mass is 332 g/mol. The normalized spacial score (nSPS) is 22.8. The summed E-state index contributed by atoms with van der Waals surface area (Å²) in [6, 6.07) is 7.89. The Morgan fingerprint density at radius 2 is 2.04 bits per heavy atom. The van der Waals surface area contributed by atoms with Gasteiger partial charge in [-0.05, 0) is 55.5 Å². The van der Waals surface area contributed by atoms with Crippen molar-refractivity contribution in [3.05, 3.63) is 29.8 Å². The summed E-state index contributed by atoms with van der Waals surface area (Å²) in [5.74, 6) is 1.27. The van der Waals surface area contributed by atoms with Crippen molar-refractivity contribution in [3.63, 3.8) is 0 Å². The van der Waals surface area contributed by atoms with E-state index in [0.717, 1.165) is 50.2 Å². The smallest absolute Gasteiger partial charge is 0.222 e. The fourth-order valence-corrected chi connectivity index (χ4v) is 4.17. The summed E-state index contributed by atoms with van der Waals surface area (Å²) in [6.45, 7) is 3.68. The van der Waals surface area contributed by atoms with Gasteiger partial charge < -0.3 is 20.1 Å². The lowest BCUT2D eigenvalue weighted by Gasteiger charge is -2.37. The zero-order chi connectivity index (χ0) is 17.0. The van der Waals surface area contributed by atoms with Crippen molar-refractivity contribution in [1.82, 2.24) is 10.2 Å². The maximum Gasteiger partial charge on any atom is 0.222 e. The van der Waals surface area contributed by atoms with Gasteiger partial charge in [0.25, 0.3) is 0 Å². The number of methoxy groups -OCH3 is 1. The minimum atomic E-state index is 0.121. The molecular formula is C19H28N2O3. The fraction of sp³-hybridized carbons (Fsp3) is 0.632. The van der Waals surface area contributed by atoms with E-state index in [1.165, 1.54) is 0 Å². The number of carbonyl (C=O) groups is 1. The molecule has 2 fully saturated rings. The second-order valence-electron chi connectivity index (χ2n) is 7.11. The van der Waals surface area contributed by atoms with Crippen LogP contribution in [0.3, 0.4) is 0 Å². The van der Waals surface area contributed by atoms with Crippen molar-refractivity contribution >= 4 is 5.91 Å². The zero-order valence-electron chi connectivity index (χ0n) is 14.5. The summed E-state index contributed by atoms with van der Waals surface area (Å²) in [7, 11) is 1.65. The molecule has 1 atom stereocenters. The Hall–Kier alpha value is -1.59. The minimum absolute atomic E-state index is 0.121. The van der Waals surface area contributed by atoms with Crippen LogP contribution in [-0.2, 0) is 11.2 Å². The average Bonchev–Trinajstić information content (AvgIpc) is 2.98. The minimum Gasteiger partial charge on any atom is -0.497 e. The van der Waals surface area contributed by atoms with Gasteiger partial charge in [-0.15, -0.1) is 0 Å². The maximum atomic E-state index is 12.6. The first-order valence-corrected chi connectivity index (χ1v) is 8.89. The molecule has 2 heterocycles. The number of piperidine rings is 1. The number of aliphatic hydroxyl groups excluding tert-OH is 1. The van der Waals surface area contributed by atoms with E-state index in [-0.39, 0.29) is 23.8 Å². The molecule has 0 aromatic heterocycles. The van der Waals surface area contributed by atoms with Crippen LogP contribution in [0.1, 0.15) is 24.8 Å². The standard InChI is InChI=1S/C19H28N2O3/c1-24-17-5-2-15(3-6-17)4-7-18(23)21-12-16(13-22)19(14-21)8-10-20-11-9-19/h2-3,5-6,16,20,22H,4,7-14H2,1H3. The van der Waals surface area contributed by atoms with Gasteiger partial charge in [0.05, 0.1) is 7.11 Å². The molecule has 1 aromatic carbocycles. The highest BCUT2D eigenvalue weighted by molar-refractivity contribution is 5.77. The molecule has 0 aliphatic carbocycles. The Morgan fingerprint density at radius 1 is 1.33 bits per heavy atom. The van der Waals surface area contributed by atoms with E-state index in [0.29, 0.717) is 13.0 Å². The van der Waals surface area contributed by atoms with Crippen LogP contribution in [0.2, 0.25) is 0 Å². The summed E-state index contributed by atoms with van der Waals surface area (Å²) in [4.78, 5) is 14.6. The molecular weight excluding hydrogens is 304 g/mol. The van der Waals surface area contributed by atoms with Crippen molar-refractivity contribution in [3.8, 4) is 5.75 Å². The molecule has 1 amide bonds. The van der Waals surface area contributed by atoms with Gasteiger partial charge in [-0.1, -0.05) is 12.1 Å². The van der Waals surface area contributed by atoms with Gasteiger partial charge in [0.1, 0.15) is 5.75 Å². The molecule has 132 valence electrons. The lowest BCUT2D eigenvalue weighted by molar-refractivity contribution is -0.130. The third-order valence-corrected chi connectivity index (χ3v) is 5.77. The molecule has 0 radical (unpaired) electrons. The van der Waals surface area contributed by atoms with Crippen LogP contribution in [0, 0.1) is 11.3 Å². The van der Waals surface area contributed by atoms with Crippen LogP contribution < -0.4 is 10.1 Å². The lowest BCUT2D eigenvalue weighted by atomic mass is 9.71. The van der Waals surface area contributed by atoms with Gasteiger partial charge in [-0.2, -0.15) is 0 Å². The number of ether oxygens (including phenoxy) is 1. The lowest BCUT2D eigenvalue weighted by Crippen LogP contribution is -2.43. The van der Waals surface area contributed by atoms with E-state index in [2.05, 4.69) is 5.32 Å². The second kappa shape index (κ2) is 7.53. The highest BCUT2D eigenvalue weighted by atomic mass is 16.5. The summed E-state index contributed by atoms with van der Waals surface area (Å²) in [6.07, 6.45) is 3.39. The summed E-state index contributed by atoms with van der Waals surface area (Å²) < 4.78 is 5.16. The fourth-order valence-electron chi connectivity index (χ4n) is 4.17. The van der Waals surface area contributed by atoms with Crippen molar-refractivity contribution in [2.75, 3.05) is 39.9 Å². The van der Waals surface area contributed by atoms with Gasteiger partial charge in [-0.3, -0.25) is 4.79 Å². The maximum absolute atomic E-state index is 12.6. The summed E-state index contributed by atoms with van der Waals surface area (Å²) in [5, 5.41) is 13.2. The van der Waals surface area contributed by atoms with E-state index in [1.807, 2.05) is 29.2 Å². The third kappa shape index (κ3) is 3.57. The number of nitrogens with one attached hydrogen (secondary N) is 1. The van der Waals surface area contributed by atoms with Gasteiger partial charge in [0.2, 0.25) is 5.91 Å². The molecule has 5 nitrogen and oxygen atoms in total. The van der Waals surface area contributed by atoms with Crippen LogP contribution in [0.5, 0.6) is 5.75 Å². The van der Waals surface area contributed by atoms with Crippen LogP contribution in [0.4, 0.5) is 0 Å². The molecule has 1 aromatic rings. The van der Waals surface area contributed by atoms with Gasteiger partial charge in [-0.25, -0.2) is 0 Å². The topological polar surface area (TPSA) is 61.8 Å². The van der Waals surface area contributed by atoms with Gasteiger partial charge in [0, 0.05) is 32.0 Å². The van der Waals surface area contributed by atoms with Crippen molar-refractivity contribution in [1.29, 1.82) is 0 Å². The molecule has 2 saturated heterocycles. The first-order valence-electron chi connectivity index (χ1n) is 8.89. The highest BCUT2D eigenvalue weighted by Gasteiger charge is 2.47. The number of aliphatic hydroxyl groups is 1. The number of nitrogens with zero attached hydrogens (tertiary/aromatic N) is 1. The molecule has 24 heavy (non-hydrogen) atoms. The Bertz CT molecular complexity index is 552. The predicted molar refractivity (Wildman–Crippen MR) is 93.0 cm³/mol. The van der Waals surface area contributed by atoms with Crippen LogP contribution >= 0.6 is 0 Å². The summed E-state index contributed by atoms with van der Waals surface area (Å²) in [5.41, 5.74) is 1.27. The first-order chi connectivity index (χ1) is 11.7. The molecule has 2 aliphatic heterocycles. The van der Waals surface area contributed by atoms with E-state index >= 15 is 0 Å². The number of amides is 1. The average molecular weight is 332 g/mol. The van der Waals surface area contributed by atoms with E-state index < -0.39 is 0 Å². The summed E-state index contributed by atoms with van der Waals surface area (Å²) >= 11 is 0. The SMILES string of the molecule is COc1ccc(CCC(=O)N2CC(CO)C3(CCNCC3)C2)cc1. The molecule has 0 saturated carbocycles. The van der Waals surface area contributed by atoms with Gasteiger partial charge in [0.15, 0.2) is 0 Å². The molecule has 2 N–H and O–H groups in total. The van der Waals surface area contributed by atoms with E-state index in [4.69, 9.17) is 4.74 Å². The molecule has 0 bridgehead atoms. The van der Waals surface area contributed by atoms with E-state index in [9.17, 15) is 9.90 Å². The first kappa shape index (κ1) is 17.2. The number of likely N-dealkylation sites (tertiary alicyclic amines) is 1. The molecule has 1 spiro atoms. The van der Waals surface area contributed by atoms with E-state index in [1.54, 1.807) is 7.11 Å². The second-order valence-corrected chi connectivity index (χ2v) is 7.11. The number of benzene rings is 1. The Kier molecular flexibility index (Phi) is 5.41. The quantitative estimate of drug-likeness (QED) is 0.857. The molecule has 3 rings (SSSR count). The predicted octanol–water partition coefficient (Wildman–Crippen LogP) is 1.45. The number of carbonyl (C=O) groups excluding carboxylic acids is 1. The Morgan fingerprint density at radius 3 is 2.67 bits per heavy atom. The highest BCUT2D eigenvalue weighted by Crippen LogP contribution is 2.43. The van der Waals surface area contributed by atoms with Crippen molar-refractivity contribution in [2.45, 2.75) is 25.7 Å². The largest absolute Gasteiger partial charge is 0.497 e.